The zero-order chi connectivity index (χ0) is 22.7. The van der Waals surface area contributed by atoms with Crippen LogP contribution < -0.4 is 0 Å². The van der Waals surface area contributed by atoms with E-state index >= 15 is 4.39 Å². The highest BCUT2D eigenvalue weighted by Crippen LogP contribution is 2.51. The first-order valence-electron chi connectivity index (χ1n) is 11.4. The fraction of sp³-hybridized carbons (Fsp3) is 0.652. The number of hydrogen-bond acceptors (Lipinski definition) is 5. The molecule has 172 valence electrons. The minimum Gasteiger partial charge on any atom is -0.338 e. The predicted octanol–water partition coefficient (Wildman–Crippen LogP) is 3.47. The lowest BCUT2D eigenvalue weighted by molar-refractivity contribution is -0.149. The molecule has 9 heteroatoms. The van der Waals surface area contributed by atoms with E-state index in [1.165, 1.54) is 0 Å². The molecule has 0 aromatic carbocycles. The van der Waals surface area contributed by atoms with Crippen molar-refractivity contribution in [2.75, 3.05) is 19.6 Å². The maximum absolute atomic E-state index is 15.0. The van der Waals surface area contributed by atoms with E-state index in [2.05, 4.69) is 23.8 Å². The molecule has 2 saturated heterocycles. The highest BCUT2D eigenvalue weighted by atomic mass is 32.1. The van der Waals surface area contributed by atoms with Crippen molar-refractivity contribution in [1.82, 2.24) is 24.3 Å². The van der Waals surface area contributed by atoms with Crippen LogP contribution in [-0.4, -0.2) is 61.5 Å². The quantitative estimate of drug-likeness (QED) is 0.687. The Morgan fingerprint density at radius 1 is 1.34 bits per heavy atom. The van der Waals surface area contributed by atoms with Gasteiger partial charge in [-0.3, -0.25) is 9.59 Å². The van der Waals surface area contributed by atoms with Crippen molar-refractivity contribution in [2.45, 2.75) is 70.6 Å². The summed E-state index contributed by atoms with van der Waals surface area (Å²) in [5.74, 6) is -0.649. The summed E-state index contributed by atoms with van der Waals surface area (Å²) in [6.07, 6.45) is 5.71. The molecule has 0 N–H and O–H groups in total. The molecule has 4 heterocycles. The van der Waals surface area contributed by atoms with Crippen LogP contribution in [0.1, 0.15) is 67.9 Å². The summed E-state index contributed by atoms with van der Waals surface area (Å²) < 4.78 is 17.0. The Bertz CT molecular complexity index is 1040. The summed E-state index contributed by atoms with van der Waals surface area (Å²) in [6, 6.07) is 0.249. The third kappa shape index (κ3) is 3.36. The van der Waals surface area contributed by atoms with E-state index < -0.39 is 17.0 Å². The summed E-state index contributed by atoms with van der Waals surface area (Å²) in [6.45, 7) is 7.80. The zero-order valence-electron chi connectivity index (χ0n) is 18.9. The van der Waals surface area contributed by atoms with Crippen molar-refractivity contribution in [3.63, 3.8) is 0 Å². The lowest BCUT2D eigenvalue weighted by Gasteiger charge is -2.35. The number of likely N-dealkylation sites (tertiary alicyclic amines) is 2. The van der Waals surface area contributed by atoms with E-state index in [0.29, 0.717) is 26.1 Å². The molecular formula is C23H30FN5O2S. The Hall–Kier alpha value is -2.29. The van der Waals surface area contributed by atoms with Crippen LogP contribution in [0.25, 0.3) is 0 Å². The number of aromatic nitrogens is 3. The van der Waals surface area contributed by atoms with Crippen LogP contribution in [0.2, 0.25) is 0 Å². The van der Waals surface area contributed by atoms with E-state index in [0.717, 1.165) is 22.8 Å². The molecule has 2 aromatic rings. The molecule has 1 aliphatic carbocycles. The number of carbonyl (C=O) groups is 2. The van der Waals surface area contributed by atoms with Gasteiger partial charge >= 0.3 is 0 Å². The maximum Gasteiger partial charge on any atom is 0.260 e. The van der Waals surface area contributed by atoms with Crippen LogP contribution in [0.3, 0.4) is 0 Å². The largest absolute Gasteiger partial charge is 0.338 e. The number of rotatable bonds is 5. The van der Waals surface area contributed by atoms with E-state index in [9.17, 15) is 9.59 Å². The molecule has 3 fully saturated rings. The summed E-state index contributed by atoms with van der Waals surface area (Å²) in [7, 11) is 0. The SMILES string of the molecule is Cc1nc(CN2CC[C@@]3(CN(C(=O)C4(F)CCC4)C[C@H]3c3cn(C(C)C)cn3)C2=O)cs1. The Labute approximate surface area is 191 Å². The minimum atomic E-state index is -1.76. The van der Waals surface area contributed by atoms with Gasteiger partial charge in [0.25, 0.3) is 5.91 Å². The average Bonchev–Trinajstić information content (AvgIpc) is 3.50. The van der Waals surface area contributed by atoms with E-state index in [1.54, 1.807) is 22.6 Å². The number of alkyl halides is 1. The van der Waals surface area contributed by atoms with Crippen molar-refractivity contribution >= 4 is 23.2 Å². The summed E-state index contributed by atoms with van der Waals surface area (Å²) in [5.41, 5.74) is -0.805. The van der Waals surface area contributed by atoms with Gasteiger partial charge in [-0.25, -0.2) is 14.4 Å². The average molecular weight is 460 g/mol. The van der Waals surface area contributed by atoms with E-state index in [-0.39, 0.29) is 37.3 Å². The first kappa shape index (κ1) is 21.6. The van der Waals surface area contributed by atoms with Crippen LogP contribution in [0.4, 0.5) is 4.39 Å². The first-order chi connectivity index (χ1) is 15.2. The van der Waals surface area contributed by atoms with Gasteiger partial charge in [-0.05, 0) is 46.5 Å². The number of carbonyl (C=O) groups excluding carboxylic acids is 2. The summed E-state index contributed by atoms with van der Waals surface area (Å²) in [4.78, 5) is 39.4. The van der Waals surface area contributed by atoms with Gasteiger partial charge in [-0.15, -0.1) is 11.3 Å². The normalized spacial score (nSPS) is 27.0. The first-order valence-corrected chi connectivity index (χ1v) is 12.3. The smallest absolute Gasteiger partial charge is 0.260 e. The number of nitrogens with zero attached hydrogens (tertiary/aromatic N) is 5. The highest BCUT2D eigenvalue weighted by Gasteiger charge is 2.60. The molecule has 32 heavy (non-hydrogen) atoms. The molecule has 7 nitrogen and oxygen atoms in total. The second kappa shape index (κ2) is 7.64. The Balaban J connectivity index is 1.45. The molecule has 0 unspecified atom stereocenters. The Morgan fingerprint density at radius 3 is 2.72 bits per heavy atom. The third-order valence-corrected chi connectivity index (χ3v) is 8.32. The molecular weight excluding hydrogens is 429 g/mol. The highest BCUT2D eigenvalue weighted by molar-refractivity contribution is 7.09. The number of aryl methyl sites for hydroxylation is 1. The molecule has 5 rings (SSSR count). The fourth-order valence-electron chi connectivity index (χ4n) is 5.40. The van der Waals surface area contributed by atoms with Gasteiger partial charge in [0.05, 0.1) is 34.7 Å². The molecule has 0 bridgehead atoms. The molecule has 2 aromatic heterocycles. The van der Waals surface area contributed by atoms with Crippen LogP contribution in [0, 0.1) is 12.3 Å². The molecule has 1 spiro atoms. The zero-order valence-corrected chi connectivity index (χ0v) is 19.7. The lowest BCUT2D eigenvalue weighted by Crippen LogP contribution is -2.50. The van der Waals surface area contributed by atoms with Crippen molar-refractivity contribution < 1.29 is 14.0 Å². The Kier molecular flexibility index (Phi) is 5.15. The number of hydrogen-bond donors (Lipinski definition) is 0. The van der Waals surface area contributed by atoms with Crippen LogP contribution >= 0.6 is 11.3 Å². The second-order valence-electron chi connectivity index (χ2n) is 9.89. The molecule has 1 saturated carbocycles. The maximum atomic E-state index is 15.0. The van der Waals surface area contributed by atoms with E-state index in [4.69, 9.17) is 0 Å². The lowest BCUT2D eigenvalue weighted by atomic mass is 9.75. The van der Waals surface area contributed by atoms with Gasteiger partial charge in [0, 0.05) is 43.2 Å². The van der Waals surface area contributed by atoms with Crippen molar-refractivity contribution in [2.24, 2.45) is 5.41 Å². The third-order valence-electron chi connectivity index (χ3n) is 7.49. The van der Waals surface area contributed by atoms with Gasteiger partial charge in [0.2, 0.25) is 5.91 Å². The summed E-state index contributed by atoms with van der Waals surface area (Å²) >= 11 is 1.58. The second-order valence-corrected chi connectivity index (χ2v) is 10.9. The monoisotopic (exact) mass is 459 g/mol. The van der Waals surface area contributed by atoms with Gasteiger partial charge in [-0.1, -0.05) is 0 Å². The standard InChI is InChI=1S/C23H30FN5O2S/c1-15(2)29-11-19(25-14-29)18-10-28(21(31)23(24)5-4-6-23)13-22(18)7-8-27(20(22)30)9-17-12-32-16(3)26-17/h11-12,14-15,18H,4-10,13H2,1-3H3/t18-,22-/m0/s1. The van der Waals surface area contributed by atoms with Crippen LogP contribution in [-0.2, 0) is 16.1 Å². The van der Waals surface area contributed by atoms with Gasteiger partial charge < -0.3 is 14.4 Å². The molecule has 2 atom stereocenters. The van der Waals surface area contributed by atoms with Crippen molar-refractivity contribution in [1.29, 1.82) is 0 Å². The van der Waals surface area contributed by atoms with Gasteiger partial charge in [0.15, 0.2) is 5.67 Å². The molecule has 0 radical (unpaired) electrons. The number of imidazole rings is 1. The van der Waals surface area contributed by atoms with Crippen molar-refractivity contribution in [3.05, 3.63) is 34.3 Å². The Morgan fingerprint density at radius 2 is 2.12 bits per heavy atom. The molecule has 2 aliphatic heterocycles. The number of thiazole rings is 1. The van der Waals surface area contributed by atoms with E-state index in [1.807, 2.05) is 28.0 Å². The number of amides is 2. The van der Waals surface area contributed by atoms with Crippen LogP contribution in [0.15, 0.2) is 17.9 Å². The topological polar surface area (TPSA) is 71.3 Å². The summed E-state index contributed by atoms with van der Waals surface area (Å²) in [5, 5.41) is 2.97. The molecule has 3 aliphatic rings. The minimum absolute atomic E-state index is 0.0315. The number of halogens is 1. The molecule has 2 amide bonds. The van der Waals surface area contributed by atoms with Gasteiger partial charge in [0.1, 0.15) is 0 Å². The fourth-order valence-corrected chi connectivity index (χ4v) is 6.00. The predicted molar refractivity (Wildman–Crippen MR) is 119 cm³/mol. The van der Waals surface area contributed by atoms with Crippen molar-refractivity contribution in [3.8, 4) is 0 Å². The van der Waals surface area contributed by atoms with Gasteiger partial charge in [-0.2, -0.15) is 0 Å². The van der Waals surface area contributed by atoms with Crippen LogP contribution in [0.5, 0.6) is 0 Å².